The topological polar surface area (TPSA) is 27.7 Å². The zero-order chi connectivity index (χ0) is 8.93. The molecule has 0 spiro atoms. The van der Waals surface area contributed by atoms with Crippen LogP contribution in [0.1, 0.15) is 32.1 Å². The van der Waals surface area contributed by atoms with Gasteiger partial charge in [0.1, 0.15) is 0 Å². The predicted octanol–water partition coefficient (Wildman–Crippen LogP) is 1.71. The lowest BCUT2D eigenvalue weighted by Gasteiger charge is -2.29. The number of hydrogen-bond donors (Lipinski definition) is 0. The maximum absolute atomic E-state index is 5.78. The third-order valence-corrected chi connectivity index (χ3v) is 2.68. The molecule has 2 fully saturated rings. The second-order valence-corrected chi connectivity index (χ2v) is 3.77. The van der Waals surface area contributed by atoms with Crippen LogP contribution in [0.15, 0.2) is 0 Å². The molecule has 2 aliphatic rings. The van der Waals surface area contributed by atoms with E-state index in [1.165, 1.54) is 32.1 Å². The molecule has 76 valence electrons. The molecule has 0 radical (unpaired) electrons. The predicted molar refractivity (Wildman–Crippen MR) is 48.5 cm³/mol. The van der Waals surface area contributed by atoms with Crippen LogP contribution in [-0.2, 0) is 14.2 Å². The van der Waals surface area contributed by atoms with Gasteiger partial charge in [0.05, 0.1) is 25.9 Å². The smallest absolute Gasteiger partial charge is 0.181 e. The molecular weight excluding hydrogens is 168 g/mol. The highest BCUT2D eigenvalue weighted by Crippen LogP contribution is 2.22. The van der Waals surface area contributed by atoms with Gasteiger partial charge in [0.2, 0.25) is 0 Å². The van der Waals surface area contributed by atoms with E-state index in [2.05, 4.69) is 0 Å². The fourth-order valence-electron chi connectivity index (χ4n) is 1.96. The zero-order valence-corrected chi connectivity index (χ0v) is 8.04. The molecule has 0 aromatic heterocycles. The molecule has 0 bridgehead atoms. The second-order valence-electron chi connectivity index (χ2n) is 3.77. The van der Waals surface area contributed by atoms with E-state index >= 15 is 0 Å². The molecule has 2 rings (SSSR count). The van der Waals surface area contributed by atoms with Crippen molar-refractivity contribution in [1.82, 2.24) is 0 Å². The van der Waals surface area contributed by atoms with Gasteiger partial charge in [-0.1, -0.05) is 19.3 Å². The van der Waals surface area contributed by atoms with Gasteiger partial charge in [-0.25, -0.2) is 0 Å². The summed E-state index contributed by atoms with van der Waals surface area (Å²) < 4.78 is 16.5. The molecule has 13 heavy (non-hydrogen) atoms. The third-order valence-electron chi connectivity index (χ3n) is 2.68. The van der Waals surface area contributed by atoms with Gasteiger partial charge < -0.3 is 14.2 Å². The van der Waals surface area contributed by atoms with Crippen LogP contribution in [0.5, 0.6) is 0 Å². The summed E-state index contributed by atoms with van der Waals surface area (Å²) in [7, 11) is 0. The number of ether oxygens (including phenoxy) is 3. The fraction of sp³-hybridized carbons (Fsp3) is 1.00. The molecule has 0 aromatic carbocycles. The Labute approximate surface area is 79.4 Å². The Hall–Kier alpha value is -0.120. The van der Waals surface area contributed by atoms with Crippen LogP contribution < -0.4 is 0 Å². The average molecular weight is 186 g/mol. The van der Waals surface area contributed by atoms with Crippen LogP contribution in [0.4, 0.5) is 0 Å². The van der Waals surface area contributed by atoms with Gasteiger partial charge in [-0.05, 0) is 12.8 Å². The zero-order valence-electron chi connectivity index (χ0n) is 8.04. The minimum absolute atomic E-state index is 0.100. The highest BCUT2D eigenvalue weighted by atomic mass is 16.7. The van der Waals surface area contributed by atoms with E-state index in [4.69, 9.17) is 14.2 Å². The molecule has 1 heterocycles. The van der Waals surface area contributed by atoms with Crippen molar-refractivity contribution in [2.24, 2.45) is 0 Å². The molecule has 0 N–H and O–H groups in total. The summed E-state index contributed by atoms with van der Waals surface area (Å²) in [5, 5.41) is 0. The van der Waals surface area contributed by atoms with Crippen molar-refractivity contribution >= 4 is 0 Å². The van der Waals surface area contributed by atoms with Crippen molar-refractivity contribution in [1.29, 1.82) is 0 Å². The molecule has 3 nitrogen and oxygen atoms in total. The molecular formula is C10H18O3. The minimum Gasteiger partial charge on any atom is -0.374 e. The van der Waals surface area contributed by atoms with Crippen LogP contribution in [0.2, 0.25) is 0 Å². The first-order valence-electron chi connectivity index (χ1n) is 5.30. The lowest BCUT2D eigenvalue weighted by molar-refractivity contribution is -0.233. The molecule has 0 aromatic rings. The normalized spacial score (nSPS) is 31.8. The van der Waals surface area contributed by atoms with E-state index in [9.17, 15) is 0 Å². The number of hydrogen-bond acceptors (Lipinski definition) is 3. The Balaban J connectivity index is 1.69. The van der Waals surface area contributed by atoms with Crippen LogP contribution >= 0.6 is 0 Å². The van der Waals surface area contributed by atoms with Crippen molar-refractivity contribution in [3.63, 3.8) is 0 Å². The molecule has 1 saturated carbocycles. The standard InChI is InChI=1S/C10H18O3/c1-2-4-9(5-3-1)13-10-8-11-6-7-12-10/h9-10H,1-8H2. The van der Waals surface area contributed by atoms with Crippen LogP contribution in [0, 0.1) is 0 Å². The van der Waals surface area contributed by atoms with E-state index in [0.29, 0.717) is 25.9 Å². The van der Waals surface area contributed by atoms with Crippen LogP contribution in [-0.4, -0.2) is 32.2 Å². The van der Waals surface area contributed by atoms with E-state index in [0.717, 1.165) is 0 Å². The maximum Gasteiger partial charge on any atom is 0.181 e. The minimum atomic E-state index is -0.100. The lowest BCUT2D eigenvalue weighted by Crippen LogP contribution is -2.34. The van der Waals surface area contributed by atoms with Crippen molar-refractivity contribution in [3.05, 3.63) is 0 Å². The van der Waals surface area contributed by atoms with Crippen molar-refractivity contribution in [2.75, 3.05) is 19.8 Å². The summed E-state index contributed by atoms with van der Waals surface area (Å²) in [5.41, 5.74) is 0. The summed E-state index contributed by atoms with van der Waals surface area (Å²) in [6.07, 6.45) is 6.68. The number of rotatable bonds is 2. The molecule has 1 atom stereocenters. The van der Waals surface area contributed by atoms with Gasteiger partial charge in [0.15, 0.2) is 6.29 Å². The SMILES string of the molecule is C1CCC(OC2COCCO2)CC1. The Kier molecular flexibility index (Phi) is 3.58. The first kappa shape index (κ1) is 9.44. The summed E-state index contributed by atoms with van der Waals surface area (Å²) >= 11 is 0. The summed E-state index contributed by atoms with van der Waals surface area (Å²) in [4.78, 5) is 0. The van der Waals surface area contributed by atoms with Crippen molar-refractivity contribution < 1.29 is 14.2 Å². The summed E-state index contributed by atoms with van der Waals surface area (Å²) in [5.74, 6) is 0. The molecule has 1 aliphatic heterocycles. The summed E-state index contributed by atoms with van der Waals surface area (Å²) in [6, 6.07) is 0. The summed E-state index contributed by atoms with van der Waals surface area (Å²) in [6.45, 7) is 2.00. The van der Waals surface area contributed by atoms with Gasteiger partial charge in [-0.2, -0.15) is 0 Å². The quantitative estimate of drug-likeness (QED) is 0.657. The van der Waals surface area contributed by atoms with E-state index in [-0.39, 0.29) is 6.29 Å². The Morgan fingerprint density at radius 1 is 1.00 bits per heavy atom. The molecule has 1 aliphatic carbocycles. The molecule has 3 heteroatoms. The Morgan fingerprint density at radius 2 is 1.85 bits per heavy atom. The van der Waals surface area contributed by atoms with Crippen LogP contribution in [0.3, 0.4) is 0 Å². The highest BCUT2D eigenvalue weighted by molar-refractivity contribution is 4.66. The van der Waals surface area contributed by atoms with Gasteiger partial charge >= 0.3 is 0 Å². The highest BCUT2D eigenvalue weighted by Gasteiger charge is 2.21. The lowest BCUT2D eigenvalue weighted by atomic mass is 9.98. The van der Waals surface area contributed by atoms with Crippen LogP contribution in [0.25, 0.3) is 0 Å². The third kappa shape index (κ3) is 2.93. The van der Waals surface area contributed by atoms with Gasteiger partial charge in [0, 0.05) is 0 Å². The van der Waals surface area contributed by atoms with Gasteiger partial charge in [-0.3, -0.25) is 0 Å². The molecule has 1 saturated heterocycles. The Bertz CT molecular complexity index is 121. The van der Waals surface area contributed by atoms with E-state index in [1.807, 2.05) is 0 Å². The van der Waals surface area contributed by atoms with Crippen molar-refractivity contribution in [2.45, 2.75) is 44.5 Å². The maximum atomic E-state index is 5.78. The molecule has 0 amide bonds. The first-order chi connectivity index (χ1) is 6.45. The largest absolute Gasteiger partial charge is 0.374 e. The first-order valence-corrected chi connectivity index (χ1v) is 5.30. The van der Waals surface area contributed by atoms with E-state index in [1.54, 1.807) is 0 Å². The molecule has 1 unspecified atom stereocenters. The van der Waals surface area contributed by atoms with Crippen molar-refractivity contribution in [3.8, 4) is 0 Å². The van der Waals surface area contributed by atoms with Gasteiger partial charge in [0.25, 0.3) is 0 Å². The average Bonchev–Trinajstić information content (AvgIpc) is 2.21. The fourth-order valence-corrected chi connectivity index (χ4v) is 1.96. The monoisotopic (exact) mass is 186 g/mol. The Morgan fingerprint density at radius 3 is 2.54 bits per heavy atom. The van der Waals surface area contributed by atoms with E-state index < -0.39 is 0 Å². The van der Waals surface area contributed by atoms with Gasteiger partial charge in [-0.15, -0.1) is 0 Å². The second kappa shape index (κ2) is 4.94.